The van der Waals surface area contributed by atoms with E-state index in [-0.39, 0.29) is 13.2 Å². The quantitative estimate of drug-likeness (QED) is 0.423. The highest BCUT2D eigenvalue weighted by Crippen LogP contribution is 2.19. The average molecular weight is 380 g/mol. The van der Waals surface area contributed by atoms with E-state index in [0.717, 1.165) is 19.8 Å². The lowest BCUT2D eigenvalue weighted by Gasteiger charge is -2.26. The number of carbonyl (C=O) groups excluding carboxylic acids is 4. The molecule has 3 N–H and O–H groups in total. The molecule has 1 rings (SSSR count). The van der Waals surface area contributed by atoms with Crippen molar-refractivity contribution >= 4 is 23.8 Å². The van der Waals surface area contributed by atoms with Crippen LogP contribution in [0.2, 0.25) is 0 Å². The van der Waals surface area contributed by atoms with Crippen LogP contribution in [0.5, 0.6) is 0 Å². The van der Waals surface area contributed by atoms with Crippen LogP contribution >= 0.6 is 0 Å². The lowest BCUT2D eigenvalue weighted by atomic mass is 9.87. The van der Waals surface area contributed by atoms with Crippen molar-refractivity contribution in [2.75, 3.05) is 20.8 Å². The van der Waals surface area contributed by atoms with Gasteiger partial charge in [0.15, 0.2) is 5.92 Å². The van der Waals surface area contributed by atoms with Crippen LogP contribution in [0.4, 0.5) is 0 Å². The number of nitrogens with two attached hydrogens (primary N) is 1. The Morgan fingerprint density at radius 1 is 1.04 bits per heavy atom. The number of hydrogen-bond donors (Lipinski definition) is 2. The van der Waals surface area contributed by atoms with Gasteiger partial charge in [0.05, 0.1) is 20.8 Å². The monoisotopic (exact) mass is 380 g/mol. The molecule has 0 heterocycles. The highest BCUT2D eigenvalue weighted by atomic mass is 16.5. The third-order valence-electron chi connectivity index (χ3n) is 3.93. The molecule has 0 saturated heterocycles. The minimum Gasteiger partial charge on any atom is -0.468 e. The summed E-state index contributed by atoms with van der Waals surface area (Å²) in [5.41, 5.74) is 6.20. The first-order valence-electron chi connectivity index (χ1n) is 8.17. The molecular weight excluding hydrogens is 356 g/mol. The standard InChI is InChI=1S/C18H24N2O7/c1-11(14(17(23)25-2)18(24)26-3)15(16(19)22)20-13(21)10-27-9-12-7-5-4-6-8-12/h4-8,11,14-15H,9-10H2,1-3H3,(H2,19,22)(H,20,21)/t11-,15+/m1/s1. The van der Waals surface area contributed by atoms with Gasteiger partial charge in [-0.2, -0.15) is 0 Å². The van der Waals surface area contributed by atoms with Crippen molar-refractivity contribution in [2.24, 2.45) is 17.6 Å². The Kier molecular flexibility index (Phi) is 8.94. The van der Waals surface area contributed by atoms with Crippen molar-refractivity contribution in [3.8, 4) is 0 Å². The van der Waals surface area contributed by atoms with Gasteiger partial charge in [-0.1, -0.05) is 37.3 Å². The Labute approximate surface area is 157 Å². The molecule has 0 aliphatic carbocycles. The fourth-order valence-electron chi connectivity index (χ4n) is 2.48. The van der Waals surface area contributed by atoms with E-state index < -0.39 is 41.6 Å². The number of esters is 2. The van der Waals surface area contributed by atoms with Gasteiger partial charge in [-0.05, 0) is 5.56 Å². The van der Waals surface area contributed by atoms with Crippen LogP contribution in [-0.2, 0) is 40.0 Å². The summed E-state index contributed by atoms with van der Waals surface area (Å²) >= 11 is 0. The van der Waals surface area contributed by atoms with E-state index in [4.69, 9.17) is 10.5 Å². The second-order valence-electron chi connectivity index (χ2n) is 5.81. The molecular formula is C18H24N2O7. The number of amides is 2. The molecule has 1 aromatic rings. The van der Waals surface area contributed by atoms with Gasteiger partial charge in [0, 0.05) is 5.92 Å². The highest BCUT2D eigenvalue weighted by Gasteiger charge is 2.41. The van der Waals surface area contributed by atoms with Gasteiger partial charge in [0.1, 0.15) is 12.6 Å². The maximum absolute atomic E-state index is 12.1. The molecule has 2 atom stereocenters. The molecule has 1 aromatic carbocycles. The van der Waals surface area contributed by atoms with E-state index in [1.807, 2.05) is 30.3 Å². The predicted octanol–water partition coefficient (Wildman–Crippen LogP) is -0.228. The lowest BCUT2D eigenvalue weighted by Crippen LogP contribution is -2.53. The van der Waals surface area contributed by atoms with Gasteiger partial charge in [-0.25, -0.2) is 0 Å². The number of ether oxygens (including phenoxy) is 3. The van der Waals surface area contributed by atoms with Crippen molar-refractivity contribution < 1.29 is 33.4 Å². The number of nitrogens with one attached hydrogen (secondary N) is 1. The Hall–Kier alpha value is -2.94. The molecule has 9 heteroatoms. The molecule has 0 fully saturated rings. The van der Waals surface area contributed by atoms with Crippen molar-refractivity contribution in [3.63, 3.8) is 0 Å². The average Bonchev–Trinajstić information content (AvgIpc) is 2.66. The van der Waals surface area contributed by atoms with Crippen LogP contribution in [0.25, 0.3) is 0 Å². The summed E-state index contributed by atoms with van der Waals surface area (Å²) in [4.78, 5) is 47.6. The van der Waals surface area contributed by atoms with Crippen molar-refractivity contribution in [1.29, 1.82) is 0 Å². The second kappa shape index (κ2) is 10.9. The number of primary amides is 1. The third kappa shape index (κ3) is 6.70. The summed E-state index contributed by atoms with van der Waals surface area (Å²) in [6, 6.07) is 7.91. The zero-order valence-corrected chi connectivity index (χ0v) is 15.5. The molecule has 0 aliphatic heterocycles. The topological polar surface area (TPSA) is 134 Å². The van der Waals surface area contributed by atoms with Crippen LogP contribution in [0.15, 0.2) is 30.3 Å². The Balaban J connectivity index is 2.72. The van der Waals surface area contributed by atoms with E-state index in [1.165, 1.54) is 6.92 Å². The second-order valence-corrected chi connectivity index (χ2v) is 5.81. The van der Waals surface area contributed by atoms with Crippen LogP contribution in [0.1, 0.15) is 12.5 Å². The number of rotatable bonds is 10. The minimum absolute atomic E-state index is 0.206. The van der Waals surface area contributed by atoms with Crippen LogP contribution in [0.3, 0.4) is 0 Å². The van der Waals surface area contributed by atoms with Gasteiger partial charge < -0.3 is 25.3 Å². The van der Waals surface area contributed by atoms with Crippen molar-refractivity contribution in [1.82, 2.24) is 5.32 Å². The highest BCUT2D eigenvalue weighted by molar-refractivity contribution is 5.97. The van der Waals surface area contributed by atoms with Gasteiger partial charge >= 0.3 is 11.9 Å². The smallest absolute Gasteiger partial charge is 0.320 e. The fourth-order valence-corrected chi connectivity index (χ4v) is 2.48. The normalized spacial score (nSPS) is 12.7. The fraction of sp³-hybridized carbons (Fsp3) is 0.444. The molecule has 9 nitrogen and oxygen atoms in total. The maximum atomic E-state index is 12.1. The van der Waals surface area contributed by atoms with Crippen LogP contribution < -0.4 is 11.1 Å². The van der Waals surface area contributed by atoms with E-state index in [0.29, 0.717) is 0 Å². The number of hydrogen-bond acceptors (Lipinski definition) is 7. The summed E-state index contributed by atoms with van der Waals surface area (Å²) in [6.45, 7) is 1.30. The molecule has 0 saturated carbocycles. The molecule has 0 radical (unpaired) electrons. The zero-order chi connectivity index (χ0) is 20.4. The van der Waals surface area contributed by atoms with Crippen molar-refractivity contribution in [3.05, 3.63) is 35.9 Å². The largest absolute Gasteiger partial charge is 0.468 e. The van der Waals surface area contributed by atoms with Gasteiger partial charge in [0.2, 0.25) is 11.8 Å². The van der Waals surface area contributed by atoms with Gasteiger partial charge in [-0.3, -0.25) is 19.2 Å². The molecule has 0 spiro atoms. The molecule has 27 heavy (non-hydrogen) atoms. The van der Waals surface area contributed by atoms with Gasteiger partial charge in [-0.15, -0.1) is 0 Å². The SMILES string of the molecule is COC(=O)C(C(=O)OC)[C@@H](C)[C@H](NC(=O)COCc1ccccc1)C(N)=O. The van der Waals surface area contributed by atoms with E-state index in [1.54, 1.807) is 0 Å². The molecule has 2 amide bonds. The van der Waals surface area contributed by atoms with E-state index >= 15 is 0 Å². The van der Waals surface area contributed by atoms with E-state index in [9.17, 15) is 19.2 Å². The first-order chi connectivity index (χ1) is 12.8. The summed E-state index contributed by atoms with van der Waals surface area (Å²) < 4.78 is 14.4. The summed E-state index contributed by atoms with van der Waals surface area (Å²) in [6.07, 6.45) is 0. The van der Waals surface area contributed by atoms with Crippen molar-refractivity contribution in [2.45, 2.75) is 19.6 Å². The van der Waals surface area contributed by atoms with Crippen LogP contribution in [0, 0.1) is 11.8 Å². The number of benzene rings is 1. The zero-order valence-electron chi connectivity index (χ0n) is 15.5. The Morgan fingerprint density at radius 2 is 1.59 bits per heavy atom. The molecule has 148 valence electrons. The minimum atomic E-state index is -1.41. The number of carbonyl (C=O) groups is 4. The molecule has 0 aliphatic rings. The predicted molar refractivity (Wildman–Crippen MR) is 93.9 cm³/mol. The first kappa shape index (κ1) is 22.1. The Morgan fingerprint density at radius 3 is 2.07 bits per heavy atom. The molecule has 0 bridgehead atoms. The third-order valence-corrected chi connectivity index (χ3v) is 3.93. The Bertz CT molecular complexity index is 647. The maximum Gasteiger partial charge on any atom is 0.320 e. The van der Waals surface area contributed by atoms with Gasteiger partial charge in [0.25, 0.3) is 0 Å². The van der Waals surface area contributed by atoms with E-state index in [2.05, 4.69) is 14.8 Å². The first-order valence-corrected chi connectivity index (χ1v) is 8.17. The molecule has 0 aromatic heterocycles. The molecule has 0 unspecified atom stereocenters. The van der Waals surface area contributed by atoms with Crippen LogP contribution in [-0.4, -0.2) is 50.6 Å². The summed E-state index contributed by atoms with van der Waals surface area (Å²) in [7, 11) is 2.19. The lowest BCUT2D eigenvalue weighted by molar-refractivity contribution is -0.162. The summed E-state index contributed by atoms with van der Waals surface area (Å²) in [5, 5.41) is 2.39. The number of methoxy groups -OCH3 is 2. The summed E-state index contributed by atoms with van der Waals surface area (Å²) in [5.74, 6) is -5.71.